The number of nitrogens with two attached hydrogens (primary N) is 1. The van der Waals surface area contributed by atoms with Gasteiger partial charge in [-0.05, 0) is 53.8 Å². The van der Waals surface area contributed by atoms with Gasteiger partial charge in [0, 0.05) is 29.8 Å². The van der Waals surface area contributed by atoms with Crippen molar-refractivity contribution in [1.29, 1.82) is 0 Å². The minimum absolute atomic E-state index is 0.0472. The van der Waals surface area contributed by atoms with E-state index in [0.29, 0.717) is 5.56 Å². The van der Waals surface area contributed by atoms with Gasteiger partial charge >= 0.3 is 6.18 Å². The number of benzene rings is 2. The van der Waals surface area contributed by atoms with E-state index in [1.54, 1.807) is 6.07 Å². The fourth-order valence-electron chi connectivity index (χ4n) is 3.94. The van der Waals surface area contributed by atoms with Crippen molar-refractivity contribution in [3.8, 4) is 5.75 Å². The number of amides is 1. The average Bonchev–Trinajstić information content (AvgIpc) is 2.76. The molecule has 5 N–H and O–H groups in total. The lowest BCUT2D eigenvalue weighted by Gasteiger charge is -2.38. The van der Waals surface area contributed by atoms with Crippen LogP contribution in [-0.4, -0.2) is 48.2 Å². The Morgan fingerprint density at radius 2 is 1.86 bits per heavy atom. The van der Waals surface area contributed by atoms with Gasteiger partial charge in [-0.15, -0.1) is 0 Å². The Balaban J connectivity index is 2.36. The molecule has 0 aliphatic rings. The molecule has 0 heterocycles. The van der Waals surface area contributed by atoms with Crippen molar-refractivity contribution in [3.05, 3.63) is 70.7 Å². The maximum Gasteiger partial charge on any atom is 0.417 e. The summed E-state index contributed by atoms with van der Waals surface area (Å²) in [5.41, 5.74) is 1.83. The Kier molecular flexibility index (Phi) is 8.91. The molecule has 1 atom stereocenters. The minimum Gasteiger partial charge on any atom is -0.496 e. The van der Waals surface area contributed by atoms with E-state index in [0.717, 1.165) is 12.1 Å². The summed E-state index contributed by atoms with van der Waals surface area (Å²) < 4.78 is 61.3. The predicted octanol–water partition coefficient (Wildman–Crippen LogP) is 3.91. The van der Waals surface area contributed by atoms with Crippen LogP contribution < -0.4 is 15.8 Å². The van der Waals surface area contributed by atoms with Gasteiger partial charge in [-0.2, -0.15) is 13.2 Å². The van der Waals surface area contributed by atoms with Crippen molar-refractivity contribution in [2.24, 2.45) is 5.73 Å². The molecule has 1 unspecified atom stereocenters. The molecule has 6 nitrogen and oxygen atoms in total. The van der Waals surface area contributed by atoms with Gasteiger partial charge in [0.1, 0.15) is 11.6 Å². The summed E-state index contributed by atoms with van der Waals surface area (Å²) in [4.78, 5) is 12.1. The Bertz CT molecular complexity index is 1070. The molecule has 35 heavy (non-hydrogen) atoms. The normalized spacial score (nSPS) is 14.4. The summed E-state index contributed by atoms with van der Waals surface area (Å²) >= 11 is 0. The van der Waals surface area contributed by atoms with E-state index in [1.807, 2.05) is 0 Å². The van der Waals surface area contributed by atoms with E-state index in [1.165, 1.54) is 51.3 Å². The van der Waals surface area contributed by atoms with Gasteiger partial charge in [-0.1, -0.05) is 26.0 Å². The number of carbonyl (C=O) groups excluding carboxylic acids is 1. The standard InChI is InChI=1S/C25H30F4N2O4/c1-23(2,20-13-18(26)7-8-21(20)35-3)15-24(34,25(27,28)29)14-19(30)12-16-5-4-6-17(11-16)22(33)31-9-10-32/h4-8,11-13,32,34H,9-10,14-15,30H2,1-3H3,(H,31,33)/b19-12-. The van der Waals surface area contributed by atoms with Crippen molar-refractivity contribution in [1.82, 2.24) is 5.32 Å². The third-order valence-corrected chi connectivity index (χ3v) is 5.55. The second-order valence-electron chi connectivity index (χ2n) is 8.94. The summed E-state index contributed by atoms with van der Waals surface area (Å²) in [5, 5.41) is 22.1. The number of hydrogen-bond acceptors (Lipinski definition) is 5. The predicted molar refractivity (Wildman–Crippen MR) is 124 cm³/mol. The molecule has 10 heteroatoms. The van der Waals surface area contributed by atoms with Crippen LogP contribution in [0.4, 0.5) is 17.6 Å². The number of rotatable bonds is 10. The highest BCUT2D eigenvalue weighted by molar-refractivity contribution is 5.94. The van der Waals surface area contributed by atoms with Crippen LogP contribution in [0.2, 0.25) is 0 Å². The van der Waals surface area contributed by atoms with Crippen LogP contribution in [0.3, 0.4) is 0 Å². The molecule has 2 rings (SSSR count). The molecule has 0 spiro atoms. The first-order chi connectivity index (χ1) is 16.2. The number of halogens is 4. The quantitative estimate of drug-likeness (QED) is 0.372. The fraction of sp³-hybridized carbons (Fsp3) is 0.400. The van der Waals surface area contributed by atoms with Crippen LogP contribution >= 0.6 is 0 Å². The van der Waals surface area contributed by atoms with Gasteiger partial charge in [0.05, 0.1) is 13.7 Å². The average molecular weight is 499 g/mol. The molecule has 0 aliphatic heterocycles. The molecule has 1 amide bonds. The summed E-state index contributed by atoms with van der Waals surface area (Å²) in [6.07, 6.45) is -5.56. The molecule has 2 aromatic carbocycles. The van der Waals surface area contributed by atoms with Gasteiger partial charge < -0.3 is 26.0 Å². The lowest BCUT2D eigenvalue weighted by Crippen LogP contribution is -2.50. The van der Waals surface area contributed by atoms with E-state index in [2.05, 4.69) is 5.32 Å². The third-order valence-electron chi connectivity index (χ3n) is 5.55. The molecule has 0 fully saturated rings. The van der Waals surface area contributed by atoms with Crippen molar-refractivity contribution >= 4 is 12.0 Å². The smallest absolute Gasteiger partial charge is 0.417 e. The van der Waals surface area contributed by atoms with E-state index < -0.39 is 41.8 Å². The van der Waals surface area contributed by atoms with Crippen molar-refractivity contribution < 1.29 is 37.3 Å². The van der Waals surface area contributed by atoms with Gasteiger partial charge in [-0.3, -0.25) is 4.79 Å². The van der Waals surface area contributed by atoms with Crippen LogP contribution in [0.25, 0.3) is 6.08 Å². The molecule has 0 saturated heterocycles. The molecule has 0 bridgehead atoms. The van der Waals surface area contributed by atoms with Crippen molar-refractivity contribution in [2.75, 3.05) is 20.3 Å². The van der Waals surface area contributed by atoms with Gasteiger partial charge in [0.25, 0.3) is 5.91 Å². The van der Waals surface area contributed by atoms with Crippen LogP contribution in [0.5, 0.6) is 5.75 Å². The van der Waals surface area contributed by atoms with Crippen LogP contribution in [0.15, 0.2) is 48.2 Å². The number of aliphatic hydroxyl groups excluding tert-OH is 1. The number of ether oxygens (including phenoxy) is 1. The maximum absolute atomic E-state index is 14.1. The number of methoxy groups -OCH3 is 1. The van der Waals surface area contributed by atoms with Crippen molar-refractivity contribution in [2.45, 2.75) is 43.9 Å². The van der Waals surface area contributed by atoms with Crippen LogP contribution in [-0.2, 0) is 5.41 Å². The van der Waals surface area contributed by atoms with E-state index in [9.17, 15) is 27.5 Å². The zero-order valence-corrected chi connectivity index (χ0v) is 19.7. The third kappa shape index (κ3) is 7.19. The Morgan fingerprint density at radius 1 is 1.17 bits per heavy atom. The second-order valence-corrected chi connectivity index (χ2v) is 8.94. The molecule has 0 radical (unpaired) electrons. The van der Waals surface area contributed by atoms with E-state index in [4.69, 9.17) is 15.6 Å². The molecule has 0 saturated carbocycles. The SMILES string of the molecule is COc1ccc(F)cc1C(C)(C)CC(O)(C/C(N)=C/c1cccc(C(=O)NCCO)c1)C(F)(F)F. The first-order valence-corrected chi connectivity index (χ1v) is 10.8. The highest BCUT2D eigenvalue weighted by Gasteiger charge is 2.56. The van der Waals surface area contributed by atoms with Crippen LogP contribution in [0.1, 0.15) is 48.2 Å². The minimum atomic E-state index is -5.05. The number of carbonyl (C=O) groups is 1. The first-order valence-electron chi connectivity index (χ1n) is 10.8. The number of hydrogen-bond donors (Lipinski definition) is 4. The van der Waals surface area contributed by atoms with Gasteiger partial charge in [-0.25, -0.2) is 4.39 Å². The monoisotopic (exact) mass is 498 g/mol. The zero-order chi connectivity index (χ0) is 26.4. The van der Waals surface area contributed by atoms with Gasteiger partial charge in [0.2, 0.25) is 0 Å². The largest absolute Gasteiger partial charge is 0.496 e. The lowest BCUT2D eigenvalue weighted by molar-refractivity contribution is -0.266. The number of nitrogens with one attached hydrogen (secondary N) is 1. The lowest BCUT2D eigenvalue weighted by atomic mass is 9.73. The van der Waals surface area contributed by atoms with E-state index in [-0.39, 0.29) is 35.7 Å². The van der Waals surface area contributed by atoms with Gasteiger partial charge in [0.15, 0.2) is 5.60 Å². The maximum atomic E-state index is 14.1. The molecular weight excluding hydrogens is 468 g/mol. The summed E-state index contributed by atoms with van der Waals surface area (Å²) in [6.45, 7) is 2.71. The Hall–Kier alpha value is -3.11. The van der Waals surface area contributed by atoms with E-state index >= 15 is 0 Å². The molecule has 2 aromatic rings. The summed E-state index contributed by atoms with van der Waals surface area (Å²) in [5.74, 6) is -0.919. The summed E-state index contributed by atoms with van der Waals surface area (Å²) in [6, 6.07) is 9.54. The topological polar surface area (TPSA) is 105 Å². The Morgan fingerprint density at radius 3 is 2.46 bits per heavy atom. The highest BCUT2D eigenvalue weighted by Crippen LogP contribution is 2.46. The van der Waals surface area contributed by atoms with Crippen molar-refractivity contribution in [3.63, 3.8) is 0 Å². The molecule has 192 valence electrons. The number of alkyl halides is 3. The number of aliphatic hydroxyl groups is 2. The van der Waals surface area contributed by atoms with Crippen LogP contribution in [0, 0.1) is 5.82 Å². The first kappa shape index (κ1) is 28.1. The zero-order valence-electron chi connectivity index (χ0n) is 19.7. The highest BCUT2D eigenvalue weighted by atomic mass is 19.4. The molecule has 0 aliphatic carbocycles. The fourth-order valence-corrected chi connectivity index (χ4v) is 3.94. The second kappa shape index (κ2) is 11.1. The summed E-state index contributed by atoms with van der Waals surface area (Å²) in [7, 11) is 1.32. The Labute approximate surface area is 201 Å². The molecular formula is C25H30F4N2O4. The molecule has 0 aromatic heterocycles.